The van der Waals surface area contributed by atoms with Crippen LogP contribution in [0.25, 0.3) is 0 Å². The van der Waals surface area contributed by atoms with Crippen molar-refractivity contribution in [2.45, 2.75) is 13.8 Å². The summed E-state index contributed by atoms with van der Waals surface area (Å²) < 4.78 is 17.8. The fourth-order valence-electron chi connectivity index (χ4n) is 1.15. The van der Waals surface area contributed by atoms with Gasteiger partial charge in [0.25, 0.3) is 0 Å². The minimum Gasteiger partial charge on any atom is -0.450 e. The maximum Gasteiger partial charge on any atom is 0.411 e. The van der Waals surface area contributed by atoms with E-state index in [2.05, 4.69) is 10.1 Å². The summed E-state index contributed by atoms with van der Waals surface area (Å²) in [5.41, 5.74) is 0.668. The van der Waals surface area contributed by atoms with Crippen LogP contribution in [0.2, 0.25) is 0 Å². The third-order valence-electron chi connectivity index (χ3n) is 1.93. The molecule has 0 spiro atoms. The lowest BCUT2D eigenvalue weighted by Gasteiger charge is -2.08. The quantitative estimate of drug-likeness (QED) is 0.836. The molecule has 1 aromatic rings. The Balaban J connectivity index is 3.00. The maximum absolute atomic E-state index is 13.1. The Morgan fingerprint density at radius 3 is 2.88 bits per heavy atom. The fourth-order valence-corrected chi connectivity index (χ4v) is 1.15. The van der Waals surface area contributed by atoms with Crippen LogP contribution in [0.1, 0.15) is 18.1 Å². The van der Waals surface area contributed by atoms with E-state index >= 15 is 0 Å². The van der Waals surface area contributed by atoms with Gasteiger partial charge in [-0.3, -0.25) is 5.32 Å². The van der Waals surface area contributed by atoms with Crippen LogP contribution in [-0.4, -0.2) is 12.7 Å². The number of benzene rings is 1. The lowest BCUT2D eigenvalue weighted by atomic mass is 10.1. The van der Waals surface area contributed by atoms with Gasteiger partial charge in [-0.2, -0.15) is 5.26 Å². The number of halogens is 1. The number of carbonyl (C=O) groups excluding carboxylic acids is 1. The molecule has 0 atom stereocenters. The van der Waals surface area contributed by atoms with Gasteiger partial charge in [-0.25, -0.2) is 9.18 Å². The van der Waals surface area contributed by atoms with E-state index in [1.807, 2.05) is 0 Å². The van der Waals surface area contributed by atoms with Gasteiger partial charge in [0.1, 0.15) is 11.9 Å². The van der Waals surface area contributed by atoms with Gasteiger partial charge in [0.05, 0.1) is 17.9 Å². The number of carbonyl (C=O) groups is 1. The minimum atomic E-state index is -0.662. The molecule has 0 bridgehead atoms. The van der Waals surface area contributed by atoms with Crippen LogP contribution in [0.3, 0.4) is 0 Å². The molecule has 0 unspecified atom stereocenters. The molecule has 16 heavy (non-hydrogen) atoms. The maximum atomic E-state index is 13.1. The van der Waals surface area contributed by atoms with E-state index in [0.29, 0.717) is 5.56 Å². The number of nitrogens with zero attached hydrogens (tertiary/aromatic N) is 1. The first-order chi connectivity index (χ1) is 7.58. The fraction of sp³-hybridized carbons (Fsp3) is 0.273. The molecule has 1 aromatic carbocycles. The van der Waals surface area contributed by atoms with E-state index in [-0.39, 0.29) is 17.9 Å². The number of nitrogens with one attached hydrogen (secondary N) is 1. The van der Waals surface area contributed by atoms with Gasteiger partial charge < -0.3 is 4.74 Å². The molecule has 0 heterocycles. The smallest absolute Gasteiger partial charge is 0.411 e. The van der Waals surface area contributed by atoms with Gasteiger partial charge in [-0.1, -0.05) is 0 Å². The Labute approximate surface area is 92.6 Å². The molecule has 0 radical (unpaired) electrons. The second-order valence-corrected chi connectivity index (χ2v) is 3.10. The Kier molecular flexibility index (Phi) is 3.84. The Morgan fingerprint density at radius 1 is 1.62 bits per heavy atom. The van der Waals surface area contributed by atoms with Crippen molar-refractivity contribution in [2.75, 3.05) is 11.9 Å². The third-order valence-corrected chi connectivity index (χ3v) is 1.93. The molecule has 4 nitrogen and oxygen atoms in total. The molecule has 1 N–H and O–H groups in total. The molecule has 0 saturated heterocycles. The second kappa shape index (κ2) is 5.12. The van der Waals surface area contributed by atoms with Crippen molar-refractivity contribution < 1.29 is 13.9 Å². The van der Waals surface area contributed by atoms with Crippen molar-refractivity contribution in [1.82, 2.24) is 0 Å². The topological polar surface area (TPSA) is 62.1 Å². The van der Waals surface area contributed by atoms with Crippen LogP contribution in [0.5, 0.6) is 0 Å². The first-order valence-electron chi connectivity index (χ1n) is 4.72. The predicted octanol–water partition coefficient (Wildman–Crippen LogP) is 2.57. The van der Waals surface area contributed by atoms with Crippen LogP contribution < -0.4 is 5.32 Å². The van der Waals surface area contributed by atoms with Crippen LogP contribution in [0.15, 0.2) is 12.1 Å². The van der Waals surface area contributed by atoms with E-state index < -0.39 is 11.9 Å². The molecule has 0 aliphatic carbocycles. The zero-order valence-corrected chi connectivity index (χ0v) is 9.00. The molecule has 84 valence electrons. The lowest BCUT2D eigenvalue weighted by molar-refractivity contribution is 0.168. The highest BCUT2D eigenvalue weighted by atomic mass is 19.1. The first-order valence-corrected chi connectivity index (χ1v) is 4.72. The Morgan fingerprint density at radius 2 is 2.31 bits per heavy atom. The van der Waals surface area contributed by atoms with Crippen molar-refractivity contribution in [1.29, 1.82) is 5.26 Å². The van der Waals surface area contributed by atoms with Crippen molar-refractivity contribution in [3.8, 4) is 6.07 Å². The number of anilines is 1. The highest BCUT2D eigenvalue weighted by Crippen LogP contribution is 2.19. The predicted molar refractivity (Wildman–Crippen MR) is 56.5 cm³/mol. The van der Waals surface area contributed by atoms with E-state index in [1.54, 1.807) is 19.9 Å². The van der Waals surface area contributed by atoms with E-state index in [1.165, 1.54) is 6.07 Å². The summed E-state index contributed by atoms with van der Waals surface area (Å²) in [5, 5.41) is 11.1. The van der Waals surface area contributed by atoms with Crippen LogP contribution in [-0.2, 0) is 4.74 Å². The second-order valence-electron chi connectivity index (χ2n) is 3.10. The number of nitriles is 1. The summed E-state index contributed by atoms with van der Waals surface area (Å²) in [6, 6.07) is 4.27. The molecular formula is C11H11FN2O2. The van der Waals surface area contributed by atoms with Gasteiger partial charge in [0.2, 0.25) is 0 Å². The lowest BCUT2D eigenvalue weighted by Crippen LogP contribution is -2.14. The van der Waals surface area contributed by atoms with Gasteiger partial charge in [0, 0.05) is 0 Å². The number of ether oxygens (including phenoxy) is 1. The highest BCUT2D eigenvalue weighted by molar-refractivity contribution is 5.86. The Bertz CT molecular complexity index is 452. The van der Waals surface area contributed by atoms with Gasteiger partial charge in [0.15, 0.2) is 0 Å². The summed E-state index contributed by atoms with van der Waals surface area (Å²) in [5.74, 6) is -0.481. The van der Waals surface area contributed by atoms with Crippen LogP contribution >= 0.6 is 0 Å². The number of aryl methyl sites for hydroxylation is 1. The molecule has 0 aliphatic heterocycles. The molecule has 0 saturated carbocycles. The molecule has 1 rings (SSSR count). The van der Waals surface area contributed by atoms with Gasteiger partial charge >= 0.3 is 6.09 Å². The van der Waals surface area contributed by atoms with Crippen LogP contribution in [0, 0.1) is 24.1 Å². The molecule has 5 heteroatoms. The average molecular weight is 222 g/mol. The van der Waals surface area contributed by atoms with Gasteiger partial charge in [-0.05, 0) is 31.5 Å². The molecular weight excluding hydrogens is 211 g/mol. The zero-order valence-electron chi connectivity index (χ0n) is 9.00. The largest absolute Gasteiger partial charge is 0.450 e. The highest BCUT2D eigenvalue weighted by Gasteiger charge is 2.10. The number of hydrogen-bond acceptors (Lipinski definition) is 3. The van der Waals surface area contributed by atoms with Gasteiger partial charge in [-0.15, -0.1) is 0 Å². The summed E-state index contributed by atoms with van der Waals surface area (Å²) in [6.07, 6.45) is -0.662. The van der Waals surface area contributed by atoms with Crippen LogP contribution in [0.4, 0.5) is 14.9 Å². The molecule has 0 aliphatic rings. The van der Waals surface area contributed by atoms with Crippen molar-refractivity contribution in [3.63, 3.8) is 0 Å². The number of amides is 1. The number of rotatable bonds is 2. The van der Waals surface area contributed by atoms with Crippen molar-refractivity contribution >= 4 is 11.8 Å². The monoisotopic (exact) mass is 222 g/mol. The zero-order chi connectivity index (χ0) is 12.1. The standard InChI is InChI=1S/C11H11FN2O2/c1-3-16-11(15)14-10-4-7(2)9(12)5-8(10)6-13/h4-5H,3H2,1-2H3,(H,14,15). The van der Waals surface area contributed by atoms with Crippen molar-refractivity contribution in [2.24, 2.45) is 0 Å². The molecule has 1 amide bonds. The summed E-state index contributed by atoms with van der Waals surface area (Å²) in [4.78, 5) is 11.1. The summed E-state index contributed by atoms with van der Waals surface area (Å²) >= 11 is 0. The first kappa shape index (κ1) is 12.0. The van der Waals surface area contributed by atoms with E-state index in [9.17, 15) is 9.18 Å². The normalized spacial score (nSPS) is 9.38. The summed E-state index contributed by atoms with van der Waals surface area (Å²) in [6.45, 7) is 3.45. The average Bonchev–Trinajstić information content (AvgIpc) is 2.23. The van der Waals surface area contributed by atoms with Crippen molar-refractivity contribution in [3.05, 3.63) is 29.1 Å². The molecule has 0 fully saturated rings. The SMILES string of the molecule is CCOC(=O)Nc1cc(C)c(F)cc1C#N. The van der Waals surface area contributed by atoms with E-state index in [4.69, 9.17) is 5.26 Å². The number of hydrogen-bond donors (Lipinski definition) is 1. The Hall–Kier alpha value is -2.09. The van der Waals surface area contributed by atoms with E-state index in [0.717, 1.165) is 6.07 Å². The summed E-state index contributed by atoms with van der Waals surface area (Å²) in [7, 11) is 0. The minimum absolute atomic E-state index is 0.0659. The third kappa shape index (κ3) is 2.70. The molecule has 0 aromatic heterocycles.